The molecule has 1 aliphatic heterocycles. The Bertz CT molecular complexity index is 1130. The summed E-state index contributed by atoms with van der Waals surface area (Å²) in [4.78, 5) is 4.94. The highest BCUT2D eigenvalue weighted by Gasteiger charge is 2.31. The number of anilines is 2. The summed E-state index contributed by atoms with van der Waals surface area (Å²) in [5.41, 5.74) is 1.61. The summed E-state index contributed by atoms with van der Waals surface area (Å²) < 4.78 is 33.1. The van der Waals surface area contributed by atoms with Crippen molar-refractivity contribution in [1.29, 1.82) is 0 Å². The van der Waals surface area contributed by atoms with E-state index in [0.29, 0.717) is 17.3 Å². The van der Waals surface area contributed by atoms with Crippen molar-refractivity contribution < 1.29 is 13.2 Å². The van der Waals surface area contributed by atoms with Gasteiger partial charge in [0, 0.05) is 29.7 Å². The molecule has 1 aliphatic rings. The van der Waals surface area contributed by atoms with Gasteiger partial charge in [0.2, 0.25) is 10.0 Å². The number of pyridine rings is 1. The Labute approximate surface area is 171 Å². The molecule has 7 heteroatoms. The lowest BCUT2D eigenvalue weighted by atomic mass is 10.1. The number of aromatic nitrogens is 1. The van der Waals surface area contributed by atoms with E-state index < -0.39 is 10.0 Å². The van der Waals surface area contributed by atoms with Crippen LogP contribution < -0.4 is 10.1 Å². The summed E-state index contributed by atoms with van der Waals surface area (Å²) in [6.07, 6.45) is 2.91. The molecular weight excluding hydrogens is 386 g/mol. The molecule has 29 heavy (non-hydrogen) atoms. The highest BCUT2D eigenvalue weighted by molar-refractivity contribution is 7.89. The number of methoxy groups -OCH3 is 1. The van der Waals surface area contributed by atoms with Crippen molar-refractivity contribution in [2.75, 3.05) is 19.0 Å². The molecule has 1 fully saturated rings. The number of ether oxygens (including phenoxy) is 1. The van der Waals surface area contributed by atoms with Crippen molar-refractivity contribution in [3.05, 3.63) is 54.6 Å². The van der Waals surface area contributed by atoms with Crippen molar-refractivity contribution in [2.24, 2.45) is 0 Å². The van der Waals surface area contributed by atoms with Crippen LogP contribution in [0, 0.1) is 0 Å². The van der Waals surface area contributed by atoms with Crippen LogP contribution in [-0.2, 0) is 10.0 Å². The van der Waals surface area contributed by atoms with Crippen molar-refractivity contribution in [3.8, 4) is 5.75 Å². The molecule has 3 aromatic rings. The number of fused-ring (bicyclic) bond motifs is 1. The Kier molecular flexibility index (Phi) is 5.43. The Morgan fingerprint density at radius 2 is 1.97 bits per heavy atom. The second-order valence-corrected chi connectivity index (χ2v) is 9.26. The Balaban J connectivity index is 1.61. The van der Waals surface area contributed by atoms with Gasteiger partial charge in [0.15, 0.2) is 0 Å². The van der Waals surface area contributed by atoms with Gasteiger partial charge in [-0.25, -0.2) is 13.4 Å². The lowest BCUT2D eigenvalue weighted by Gasteiger charge is -2.32. The fraction of sp³-hybridized carbons (Fsp3) is 0.318. The van der Waals surface area contributed by atoms with E-state index in [1.54, 1.807) is 29.6 Å². The zero-order valence-electron chi connectivity index (χ0n) is 16.6. The largest absolute Gasteiger partial charge is 0.497 e. The van der Waals surface area contributed by atoms with Gasteiger partial charge in [0.05, 0.1) is 17.5 Å². The maximum absolute atomic E-state index is 13.1. The Hall–Kier alpha value is -2.64. The van der Waals surface area contributed by atoms with Crippen LogP contribution in [0.3, 0.4) is 0 Å². The van der Waals surface area contributed by atoms with Crippen LogP contribution in [0.1, 0.15) is 26.2 Å². The van der Waals surface area contributed by atoms with Gasteiger partial charge in [-0.15, -0.1) is 0 Å². The number of benzene rings is 2. The van der Waals surface area contributed by atoms with Gasteiger partial charge in [-0.1, -0.05) is 12.5 Å². The number of hydrogen-bond donors (Lipinski definition) is 1. The van der Waals surface area contributed by atoms with Gasteiger partial charge < -0.3 is 10.1 Å². The average molecular weight is 412 g/mol. The van der Waals surface area contributed by atoms with Gasteiger partial charge in [0.25, 0.3) is 0 Å². The molecule has 0 radical (unpaired) electrons. The first kappa shape index (κ1) is 19.7. The van der Waals surface area contributed by atoms with E-state index >= 15 is 0 Å². The lowest BCUT2D eigenvalue weighted by Crippen LogP contribution is -2.41. The van der Waals surface area contributed by atoms with E-state index in [-0.39, 0.29) is 6.04 Å². The average Bonchev–Trinajstić information content (AvgIpc) is 2.73. The second kappa shape index (κ2) is 8.00. The van der Waals surface area contributed by atoms with E-state index in [1.165, 1.54) is 0 Å². The number of nitrogens with one attached hydrogen (secondary N) is 1. The normalized spacial score (nSPS) is 17.9. The Morgan fingerprint density at radius 3 is 2.76 bits per heavy atom. The highest BCUT2D eigenvalue weighted by Crippen LogP contribution is 2.28. The third kappa shape index (κ3) is 4.06. The molecule has 0 amide bonds. The van der Waals surface area contributed by atoms with Crippen LogP contribution >= 0.6 is 0 Å². The van der Waals surface area contributed by atoms with Crippen LogP contribution in [0.4, 0.5) is 11.5 Å². The second-order valence-electron chi connectivity index (χ2n) is 7.37. The summed E-state index contributed by atoms with van der Waals surface area (Å²) in [6, 6.07) is 16.5. The van der Waals surface area contributed by atoms with Crippen LogP contribution in [0.15, 0.2) is 59.5 Å². The Morgan fingerprint density at radius 1 is 1.10 bits per heavy atom. The molecule has 2 heterocycles. The van der Waals surface area contributed by atoms with Crippen molar-refractivity contribution in [1.82, 2.24) is 9.29 Å². The molecule has 0 aliphatic carbocycles. The summed E-state index contributed by atoms with van der Waals surface area (Å²) >= 11 is 0. The summed E-state index contributed by atoms with van der Waals surface area (Å²) in [5, 5.41) is 4.05. The first-order valence-electron chi connectivity index (χ1n) is 9.81. The van der Waals surface area contributed by atoms with Gasteiger partial charge in [-0.05, 0) is 62.2 Å². The summed E-state index contributed by atoms with van der Waals surface area (Å²) in [6.45, 7) is 2.57. The third-order valence-electron chi connectivity index (χ3n) is 5.35. The standard InChI is InChI=1S/C22H25N3O3S/c1-16-6-3-4-13-25(16)29(26,27)20-10-11-21-17(14-20)9-12-22(24-21)23-18-7-5-8-19(15-18)28-2/h5,7-12,14-16H,3-4,6,13H2,1-2H3,(H,23,24)/t16-/m0/s1. The van der Waals surface area contributed by atoms with Gasteiger partial charge in [0.1, 0.15) is 11.6 Å². The molecule has 6 nitrogen and oxygen atoms in total. The van der Waals surface area contributed by atoms with Crippen LogP contribution in [0.25, 0.3) is 10.9 Å². The predicted molar refractivity (Wildman–Crippen MR) is 115 cm³/mol. The van der Waals surface area contributed by atoms with Gasteiger partial charge >= 0.3 is 0 Å². The molecule has 2 aromatic carbocycles. The summed E-state index contributed by atoms with van der Waals surface area (Å²) in [7, 11) is -1.86. The monoisotopic (exact) mass is 411 g/mol. The minimum absolute atomic E-state index is 0.0389. The third-order valence-corrected chi connectivity index (χ3v) is 7.36. The zero-order chi connectivity index (χ0) is 20.4. The molecule has 1 N–H and O–H groups in total. The maximum Gasteiger partial charge on any atom is 0.243 e. The van der Waals surface area contributed by atoms with E-state index in [4.69, 9.17) is 4.74 Å². The van der Waals surface area contributed by atoms with E-state index in [9.17, 15) is 8.42 Å². The van der Waals surface area contributed by atoms with E-state index in [2.05, 4.69) is 10.3 Å². The number of piperidine rings is 1. The number of rotatable bonds is 5. The molecule has 1 aromatic heterocycles. The van der Waals surface area contributed by atoms with E-state index in [0.717, 1.165) is 41.6 Å². The molecule has 0 unspecified atom stereocenters. The minimum Gasteiger partial charge on any atom is -0.497 e. The quantitative estimate of drug-likeness (QED) is 0.667. The van der Waals surface area contributed by atoms with Crippen molar-refractivity contribution in [3.63, 3.8) is 0 Å². The predicted octanol–water partition coefficient (Wildman–Crippen LogP) is 4.55. The first-order chi connectivity index (χ1) is 14.0. The first-order valence-corrected chi connectivity index (χ1v) is 11.2. The lowest BCUT2D eigenvalue weighted by molar-refractivity contribution is 0.268. The van der Waals surface area contributed by atoms with Gasteiger partial charge in [-0.3, -0.25) is 0 Å². The molecule has 1 atom stereocenters. The SMILES string of the molecule is COc1cccc(Nc2ccc3cc(S(=O)(=O)N4CCCC[C@@H]4C)ccc3n2)c1. The highest BCUT2D eigenvalue weighted by atomic mass is 32.2. The van der Waals surface area contributed by atoms with Crippen molar-refractivity contribution >= 4 is 32.4 Å². The number of sulfonamides is 1. The molecule has 4 rings (SSSR count). The zero-order valence-corrected chi connectivity index (χ0v) is 17.4. The minimum atomic E-state index is -3.49. The van der Waals surface area contributed by atoms with E-state index in [1.807, 2.05) is 43.3 Å². The van der Waals surface area contributed by atoms with Gasteiger partial charge in [-0.2, -0.15) is 4.31 Å². The fourth-order valence-corrected chi connectivity index (χ4v) is 5.48. The van der Waals surface area contributed by atoms with Crippen LogP contribution in [0.2, 0.25) is 0 Å². The van der Waals surface area contributed by atoms with Crippen molar-refractivity contribution in [2.45, 2.75) is 37.1 Å². The molecule has 1 saturated heterocycles. The molecule has 0 spiro atoms. The van der Waals surface area contributed by atoms with Crippen LogP contribution in [0.5, 0.6) is 5.75 Å². The molecule has 152 valence electrons. The summed E-state index contributed by atoms with van der Waals surface area (Å²) in [5.74, 6) is 1.45. The molecular formula is C22H25N3O3S. The topological polar surface area (TPSA) is 71.5 Å². The molecule has 0 saturated carbocycles. The smallest absolute Gasteiger partial charge is 0.243 e. The fourth-order valence-electron chi connectivity index (χ4n) is 3.75. The number of hydrogen-bond acceptors (Lipinski definition) is 5. The number of nitrogens with zero attached hydrogens (tertiary/aromatic N) is 2. The maximum atomic E-state index is 13.1. The van der Waals surface area contributed by atoms with Crippen LogP contribution in [-0.4, -0.2) is 37.4 Å². The molecule has 0 bridgehead atoms.